The van der Waals surface area contributed by atoms with Crippen molar-refractivity contribution >= 4 is 21.9 Å². The Morgan fingerprint density at radius 2 is 1.86 bits per heavy atom. The van der Waals surface area contributed by atoms with Crippen LogP contribution in [0.5, 0.6) is 0 Å². The van der Waals surface area contributed by atoms with Gasteiger partial charge in [0, 0.05) is 13.1 Å². The van der Waals surface area contributed by atoms with Gasteiger partial charge in [0.25, 0.3) is 5.91 Å². The number of ether oxygens (including phenoxy) is 1. The van der Waals surface area contributed by atoms with Crippen LogP contribution in [-0.2, 0) is 26.1 Å². The van der Waals surface area contributed by atoms with Crippen LogP contribution in [0, 0.1) is 6.92 Å². The molecule has 1 amide bonds. The van der Waals surface area contributed by atoms with Gasteiger partial charge in [0.15, 0.2) is 6.10 Å². The fraction of sp³-hybridized carbons (Fsp3) is 0.238. The Hall–Kier alpha value is -2.97. The highest BCUT2D eigenvalue weighted by Crippen LogP contribution is 2.13. The van der Waals surface area contributed by atoms with E-state index in [9.17, 15) is 18.0 Å². The summed E-state index contributed by atoms with van der Waals surface area (Å²) >= 11 is 0. The number of aryl methyl sites for hydroxylation is 1. The molecule has 0 aliphatic carbocycles. The van der Waals surface area contributed by atoms with Crippen LogP contribution in [0.3, 0.4) is 0 Å². The van der Waals surface area contributed by atoms with Crippen LogP contribution in [0.2, 0.25) is 0 Å². The minimum absolute atomic E-state index is 0.0321. The minimum Gasteiger partial charge on any atom is -0.449 e. The van der Waals surface area contributed by atoms with Gasteiger partial charge in [0.05, 0.1) is 10.5 Å². The molecule has 0 spiro atoms. The van der Waals surface area contributed by atoms with Crippen molar-refractivity contribution in [3.63, 3.8) is 0 Å². The molecule has 0 heterocycles. The summed E-state index contributed by atoms with van der Waals surface area (Å²) in [5.74, 6) is -1.24. The van der Waals surface area contributed by atoms with Crippen LogP contribution < -0.4 is 10.0 Å². The number of benzene rings is 2. The molecule has 0 unspecified atom stereocenters. The topological polar surface area (TPSA) is 102 Å². The number of nitrogens with one attached hydrogen (secondary N) is 2. The largest absolute Gasteiger partial charge is 0.449 e. The Morgan fingerprint density at radius 1 is 1.17 bits per heavy atom. The van der Waals surface area contributed by atoms with Crippen molar-refractivity contribution in [2.24, 2.45) is 0 Å². The van der Waals surface area contributed by atoms with Gasteiger partial charge in [-0.3, -0.25) is 4.79 Å². The Bertz CT molecular complexity index is 984. The van der Waals surface area contributed by atoms with Crippen molar-refractivity contribution in [2.75, 3.05) is 6.54 Å². The van der Waals surface area contributed by atoms with E-state index < -0.39 is 28.0 Å². The molecule has 7 nitrogen and oxygen atoms in total. The molecule has 2 rings (SSSR count). The van der Waals surface area contributed by atoms with Crippen molar-refractivity contribution in [2.45, 2.75) is 31.4 Å². The Kier molecular flexibility index (Phi) is 7.69. The zero-order valence-corrected chi connectivity index (χ0v) is 17.2. The first-order valence-electron chi connectivity index (χ1n) is 8.98. The molecule has 2 aromatic carbocycles. The zero-order valence-electron chi connectivity index (χ0n) is 16.3. The molecule has 1 atom stereocenters. The number of carbonyl (C=O) groups excluding carboxylic acids is 2. The van der Waals surface area contributed by atoms with Crippen LogP contribution in [0.15, 0.2) is 66.1 Å². The fourth-order valence-corrected chi connectivity index (χ4v) is 3.41. The van der Waals surface area contributed by atoms with Crippen LogP contribution in [-0.4, -0.2) is 32.9 Å². The summed E-state index contributed by atoms with van der Waals surface area (Å²) in [6.07, 6.45) is 0.374. The molecule has 154 valence electrons. The number of hydrogen-bond acceptors (Lipinski definition) is 5. The van der Waals surface area contributed by atoms with Crippen LogP contribution in [0.1, 0.15) is 28.4 Å². The van der Waals surface area contributed by atoms with E-state index in [1.54, 1.807) is 0 Å². The molecule has 2 aromatic rings. The fourth-order valence-electron chi connectivity index (χ4n) is 2.36. The van der Waals surface area contributed by atoms with Gasteiger partial charge in [-0.25, -0.2) is 17.9 Å². The monoisotopic (exact) mass is 416 g/mol. The van der Waals surface area contributed by atoms with Crippen molar-refractivity contribution in [3.8, 4) is 0 Å². The highest BCUT2D eigenvalue weighted by atomic mass is 32.2. The number of amides is 1. The molecular weight excluding hydrogens is 392 g/mol. The minimum atomic E-state index is -3.77. The average molecular weight is 416 g/mol. The molecule has 0 bridgehead atoms. The second kappa shape index (κ2) is 9.99. The highest BCUT2D eigenvalue weighted by molar-refractivity contribution is 7.89. The van der Waals surface area contributed by atoms with E-state index >= 15 is 0 Å². The molecule has 0 aliphatic rings. The number of carbonyl (C=O) groups is 2. The Morgan fingerprint density at radius 3 is 2.52 bits per heavy atom. The van der Waals surface area contributed by atoms with Crippen LogP contribution in [0.25, 0.3) is 0 Å². The van der Waals surface area contributed by atoms with Crippen molar-refractivity contribution in [1.82, 2.24) is 10.0 Å². The first-order valence-corrected chi connectivity index (χ1v) is 10.5. The third-order valence-electron chi connectivity index (χ3n) is 4.04. The second-order valence-electron chi connectivity index (χ2n) is 6.42. The normalized spacial score (nSPS) is 12.1. The molecular formula is C21H24N2O5S. The van der Waals surface area contributed by atoms with Gasteiger partial charge in [0.1, 0.15) is 0 Å². The van der Waals surface area contributed by atoms with Crippen LogP contribution in [0.4, 0.5) is 0 Å². The molecule has 0 saturated heterocycles. The van der Waals surface area contributed by atoms with Crippen molar-refractivity contribution in [1.29, 1.82) is 0 Å². The summed E-state index contributed by atoms with van der Waals surface area (Å²) in [7, 11) is -3.77. The predicted octanol–water partition coefficient (Wildman–Crippen LogP) is 2.32. The maximum Gasteiger partial charge on any atom is 0.338 e. The molecule has 2 N–H and O–H groups in total. The van der Waals surface area contributed by atoms with Gasteiger partial charge < -0.3 is 10.1 Å². The first kappa shape index (κ1) is 22.3. The number of esters is 1. The lowest BCUT2D eigenvalue weighted by molar-refractivity contribution is -0.129. The molecule has 29 heavy (non-hydrogen) atoms. The second-order valence-corrected chi connectivity index (χ2v) is 8.19. The van der Waals surface area contributed by atoms with E-state index in [4.69, 9.17) is 4.74 Å². The maximum atomic E-state index is 12.3. The SMILES string of the molecule is C=CCNS(=O)(=O)c1cccc(C(=O)O[C@@H](C)C(=O)NCc2ccc(C)cc2)c1. The lowest BCUT2D eigenvalue weighted by atomic mass is 10.1. The van der Waals surface area contributed by atoms with Gasteiger partial charge in [-0.05, 0) is 37.6 Å². The third kappa shape index (κ3) is 6.55. The van der Waals surface area contributed by atoms with Gasteiger partial charge in [-0.1, -0.05) is 42.0 Å². The molecule has 0 aromatic heterocycles. The van der Waals surface area contributed by atoms with Gasteiger partial charge in [0.2, 0.25) is 10.0 Å². The Balaban J connectivity index is 1.98. The van der Waals surface area contributed by atoms with Crippen molar-refractivity contribution < 1.29 is 22.7 Å². The van der Waals surface area contributed by atoms with E-state index in [1.807, 2.05) is 31.2 Å². The van der Waals surface area contributed by atoms with Crippen molar-refractivity contribution in [3.05, 3.63) is 77.9 Å². The lowest BCUT2D eigenvalue weighted by Crippen LogP contribution is -2.35. The summed E-state index contributed by atoms with van der Waals surface area (Å²) in [6, 6.07) is 13.1. The van der Waals surface area contributed by atoms with E-state index in [2.05, 4.69) is 16.6 Å². The third-order valence-corrected chi connectivity index (χ3v) is 5.46. The van der Waals surface area contributed by atoms with E-state index in [0.717, 1.165) is 11.1 Å². The van der Waals surface area contributed by atoms with E-state index in [0.29, 0.717) is 6.54 Å². The quantitative estimate of drug-likeness (QED) is 0.483. The van der Waals surface area contributed by atoms with E-state index in [-0.39, 0.29) is 17.0 Å². The first-order chi connectivity index (χ1) is 13.7. The average Bonchev–Trinajstić information content (AvgIpc) is 2.71. The molecule has 0 saturated carbocycles. The molecule has 0 fully saturated rings. The zero-order chi connectivity index (χ0) is 21.4. The number of hydrogen-bond donors (Lipinski definition) is 2. The van der Waals surface area contributed by atoms with Crippen LogP contribution >= 0.6 is 0 Å². The Labute approximate surface area is 170 Å². The summed E-state index contributed by atoms with van der Waals surface area (Å²) < 4.78 is 31.8. The summed E-state index contributed by atoms with van der Waals surface area (Å²) in [5.41, 5.74) is 2.07. The summed E-state index contributed by atoms with van der Waals surface area (Å²) in [5, 5.41) is 2.70. The van der Waals surface area contributed by atoms with E-state index in [1.165, 1.54) is 37.3 Å². The standard InChI is InChI=1S/C21H24N2O5S/c1-4-12-23-29(26,27)19-7-5-6-18(13-19)21(25)28-16(3)20(24)22-14-17-10-8-15(2)9-11-17/h4-11,13,16,23H,1,12,14H2,2-3H3,(H,22,24)/t16-/m0/s1. The van der Waals surface area contributed by atoms with Gasteiger partial charge in [-0.2, -0.15) is 0 Å². The lowest BCUT2D eigenvalue weighted by Gasteiger charge is -2.14. The van der Waals surface area contributed by atoms with Gasteiger partial charge >= 0.3 is 5.97 Å². The molecule has 0 radical (unpaired) electrons. The number of rotatable bonds is 9. The molecule has 0 aliphatic heterocycles. The summed E-state index contributed by atoms with van der Waals surface area (Å²) in [4.78, 5) is 24.4. The van der Waals surface area contributed by atoms with Gasteiger partial charge in [-0.15, -0.1) is 6.58 Å². The number of sulfonamides is 1. The summed E-state index contributed by atoms with van der Waals surface area (Å²) in [6.45, 7) is 7.25. The maximum absolute atomic E-state index is 12.3. The molecule has 8 heteroatoms. The smallest absolute Gasteiger partial charge is 0.338 e. The predicted molar refractivity (Wildman–Crippen MR) is 110 cm³/mol. The highest BCUT2D eigenvalue weighted by Gasteiger charge is 2.20.